The molecule has 0 heterocycles. The monoisotopic (exact) mass is 347 g/mol. The van der Waals surface area contributed by atoms with Gasteiger partial charge in [0.1, 0.15) is 0 Å². The Morgan fingerprint density at radius 3 is 2.62 bits per heavy atom. The van der Waals surface area contributed by atoms with Gasteiger partial charge in [-0.1, -0.05) is 41.9 Å². The third-order valence-electron chi connectivity index (χ3n) is 3.66. The average molecular weight is 348 g/mol. The summed E-state index contributed by atoms with van der Waals surface area (Å²) in [6, 6.07) is 14.9. The number of carbonyl (C=O) groups excluding carboxylic acids is 1. The Morgan fingerprint density at radius 2 is 1.96 bits per heavy atom. The number of ether oxygens (including phenoxy) is 1. The second-order valence-electron chi connectivity index (χ2n) is 5.80. The van der Waals surface area contributed by atoms with Crippen molar-refractivity contribution in [2.45, 2.75) is 19.6 Å². The van der Waals surface area contributed by atoms with Crippen molar-refractivity contribution in [3.63, 3.8) is 0 Å². The van der Waals surface area contributed by atoms with Crippen LogP contribution in [0.15, 0.2) is 48.5 Å². The summed E-state index contributed by atoms with van der Waals surface area (Å²) in [6.07, 6.45) is -0.740. The van der Waals surface area contributed by atoms with Crippen LogP contribution in [0.4, 0.5) is 0 Å². The van der Waals surface area contributed by atoms with Crippen LogP contribution in [0.25, 0.3) is 0 Å². The van der Waals surface area contributed by atoms with E-state index < -0.39 is 6.10 Å². The van der Waals surface area contributed by atoms with Crippen molar-refractivity contribution in [2.75, 3.05) is 20.2 Å². The van der Waals surface area contributed by atoms with Crippen LogP contribution in [0.1, 0.15) is 21.5 Å². The molecule has 2 aromatic carbocycles. The van der Waals surface area contributed by atoms with Gasteiger partial charge in [0.05, 0.1) is 19.3 Å². The van der Waals surface area contributed by atoms with Crippen LogP contribution in [0, 0.1) is 6.92 Å². The van der Waals surface area contributed by atoms with Crippen LogP contribution in [0.2, 0.25) is 5.02 Å². The van der Waals surface area contributed by atoms with Crippen molar-refractivity contribution in [1.82, 2.24) is 4.90 Å². The zero-order chi connectivity index (χ0) is 17.5. The van der Waals surface area contributed by atoms with Gasteiger partial charge in [-0.15, -0.1) is 0 Å². The van der Waals surface area contributed by atoms with E-state index in [1.165, 1.54) is 4.90 Å². The summed E-state index contributed by atoms with van der Waals surface area (Å²) < 4.78 is 5.50. The third-order valence-corrected chi connectivity index (χ3v) is 4.08. The van der Waals surface area contributed by atoms with Crippen molar-refractivity contribution in [3.8, 4) is 0 Å². The number of halogens is 1. The molecule has 0 aliphatic heterocycles. The summed E-state index contributed by atoms with van der Waals surface area (Å²) in [7, 11) is 1.66. The van der Waals surface area contributed by atoms with E-state index in [1.807, 2.05) is 37.3 Å². The SMILES string of the molecule is Cc1cc(C(=O)N(C)CC(O)COCc2ccccc2)ccc1Cl. The van der Waals surface area contributed by atoms with Crippen LogP contribution in [-0.2, 0) is 11.3 Å². The first-order valence-electron chi connectivity index (χ1n) is 7.78. The van der Waals surface area contributed by atoms with Crippen LogP contribution < -0.4 is 0 Å². The molecule has 0 saturated heterocycles. The van der Waals surface area contributed by atoms with Gasteiger partial charge in [-0.25, -0.2) is 0 Å². The van der Waals surface area contributed by atoms with E-state index in [4.69, 9.17) is 16.3 Å². The number of aryl methyl sites for hydroxylation is 1. The molecule has 0 radical (unpaired) electrons. The lowest BCUT2D eigenvalue weighted by molar-refractivity contribution is 0.0137. The average Bonchev–Trinajstić information content (AvgIpc) is 2.57. The number of nitrogens with zero attached hydrogens (tertiary/aromatic N) is 1. The van der Waals surface area contributed by atoms with Crippen LogP contribution >= 0.6 is 11.6 Å². The Balaban J connectivity index is 1.81. The molecule has 1 unspecified atom stereocenters. The summed E-state index contributed by atoms with van der Waals surface area (Å²) >= 11 is 5.98. The molecule has 0 fully saturated rings. The van der Waals surface area contributed by atoms with Gasteiger partial charge in [-0.3, -0.25) is 4.79 Å². The molecule has 5 heteroatoms. The van der Waals surface area contributed by atoms with Crippen LogP contribution in [0.3, 0.4) is 0 Å². The molecule has 24 heavy (non-hydrogen) atoms. The Bertz CT molecular complexity index is 676. The number of aliphatic hydroxyl groups excluding tert-OH is 1. The summed E-state index contributed by atoms with van der Waals surface area (Å²) in [5.74, 6) is -0.156. The maximum atomic E-state index is 12.4. The standard InChI is InChI=1S/C19H22ClNO3/c1-14-10-16(8-9-18(14)20)19(23)21(2)11-17(22)13-24-12-15-6-4-3-5-7-15/h3-10,17,22H,11-13H2,1-2H3. The highest BCUT2D eigenvalue weighted by atomic mass is 35.5. The maximum absolute atomic E-state index is 12.4. The molecular formula is C19H22ClNO3. The van der Waals surface area contributed by atoms with E-state index >= 15 is 0 Å². The lowest BCUT2D eigenvalue weighted by atomic mass is 10.1. The fourth-order valence-electron chi connectivity index (χ4n) is 2.34. The summed E-state index contributed by atoms with van der Waals surface area (Å²) in [6.45, 7) is 2.67. The highest BCUT2D eigenvalue weighted by molar-refractivity contribution is 6.31. The molecule has 0 aromatic heterocycles. The zero-order valence-electron chi connectivity index (χ0n) is 13.9. The minimum Gasteiger partial charge on any atom is -0.389 e. The second-order valence-corrected chi connectivity index (χ2v) is 6.21. The molecule has 0 aliphatic rings. The van der Waals surface area contributed by atoms with E-state index in [9.17, 15) is 9.90 Å². The normalized spacial score (nSPS) is 12.0. The van der Waals surface area contributed by atoms with E-state index in [0.717, 1.165) is 11.1 Å². The molecule has 2 rings (SSSR count). The lowest BCUT2D eigenvalue weighted by Crippen LogP contribution is -2.36. The molecule has 0 saturated carbocycles. The molecule has 1 N–H and O–H groups in total. The summed E-state index contributed by atoms with van der Waals surface area (Å²) in [4.78, 5) is 13.9. The van der Waals surface area contributed by atoms with Gasteiger partial charge in [0, 0.05) is 24.2 Å². The Kier molecular flexibility index (Phi) is 6.79. The molecule has 4 nitrogen and oxygen atoms in total. The predicted molar refractivity (Wildman–Crippen MR) is 95.3 cm³/mol. The predicted octanol–water partition coefficient (Wildman–Crippen LogP) is 3.30. The van der Waals surface area contributed by atoms with Crippen molar-refractivity contribution >= 4 is 17.5 Å². The van der Waals surface area contributed by atoms with Gasteiger partial charge in [0.2, 0.25) is 0 Å². The first kappa shape index (κ1) is 18.5. The Morgan fingerprint density at radius 1 is 1.25 bits per heavy atom. The van der Waals surface area contributed by atoms with Gasteiger partial charge >= 0.3 is 0 Å². The third kappa shape index (κ3) is 5.34. The minimum absolute atomic E-state index is 0.156. The number of benzene rings is 2. The molecule has 0 aliphatic carbocycles. The highest BCUT2D eigenvalue weighted by Gasteiger charge is 2.16. The summed E-state index contributed by atoms with van der Waals surface area (Å²) in [5.41, 5.74) is 2.45. The number of amides is 1. The van der Waals surface area contributed by atoms with Crippen LogP contribution in [0.5, 0.6) is 0 Å². The molecular weight excluding hydrogens is 326 g/mol. The Labute approximate surface area is 147 Å². The molecule has 0 spiro atoms. The number of likely N-dealkylation sites (N-methyl/N-ethyl adjacent to an activating group) is 1. The van der Waals surface area contributed by atoms with Gasteiger partial charge < -0.3 is 14.7 Å². The molecule has 1 atom stereocenters. The lowest BCUT2D eigenvalue weighted by Gasteiger charge is -2.21. The number of hydrogen-bond acceptors (Lipinski definition) is 3. The number of carbonyl (C=O) groups is 1. The quantitative estimate of drug-likeness (QED) is 0.836. The smallest absolute Gasteiger partial charge is 0.253 e. The fourth-order valence-corrected chi connectivity index (χ4v) is 2.45. The number of aliphatic hydroxyl groups is 1. The van der Waals surface area contributed by atoms with E-state index in [0.29, 0.717) is 17.2 Å². The van der Waals surface area contributed by atoms with E-state index in [1.54, 1.807) is 25.2 Å². The van der Waals surface area contributed by atoms with Gasteiger partial charge in [-0.05, 0) is 36.2 Å². The molecule has 128 valence electrons. The van der Waals surface area contributed by atoms with Gasteiger partial charge in [0.25, 0.3) is 5.91 Å². The fraction of sp³-hybridized carbons (Fsp3) is 0.316. The summed E-state index contributed by atoms with van der Waals surface area (Å²) in [5, 5.41) is 10.7. The molecule has 1 amide bonds. The van der Waals surface area contributed by atoms with Gasteiger partial charge in [0.15, 0.2) is 0 Å². The molecule has 2 aromatic rings. The largest absolute Gasteiger partial charge is 0.389 e. The maximum Gasteiger partial charge on any atom is 0.253 e. The van der Waals surface area contributed by atoms with E-state index in [-0.39, 0.29) is 19.1 Å². The van der Waals surface area contributed by atoms with Crippen LogP contribution in [-0.4, -0.2) is 42.2 Å². The van der Waals surface area contributed by atoms with Crippen molar-refractivity contribution < 1.29 is 14.6 Å². The number of rotatable bonds is 7. The zero-order valence-corrected chi connectivity index (χ0v) is 14.7. The minimum atomic E-state index is -0.740. The van der Waals surface area contributed by atoms with E-state index in [2.05, 4.69) is 0 Å². The first-order valence-corrected chi connectivity index (χ1v) is 8.16. The first-order chi connectivity index (χ1) is 11.5. The van der Waals surface area contributed by atoms with Crippen molar-refractivity contribution in [2.24, 2.45) is 0 Å². The highest BCUT2D eigenvalue weighted by Crippen LogP contribution is 2.17. The topological polar surface area (TPSA) is 49.8 Å². The molecule has 0 bridgehead atoms. The Hall–Kier alpha value is -1.88. The van der Waals surface area contributed by atoms with Crippen molar-refractivity contribution in [3.05, 3.63) is 70.2 Å². The van der Waals surface area contributed by atoms with Crippen molar-refractivity contribution in [1.29, 1.82) is 0 Å². The second kappa shape index (κ2) is 8.83. The van der Waals surface area contributed by atoms with Gasteiger partial charge in [-0.2, -0.15) is 0 Å². The number of hydrogen-bond donors (Lipinski definition) is 1.